The molecule has 0 aliphatic carbocycles. The van der Waals surface area contributed by atoms with Crippen LogP contribution < -0.4 is 0 Å². The van der Waals surface area contributed by atoms with Crippen LogP contribution in [0.4, 0.5) is 0 Å². The van der Waals surface area contributed by atoms with Crippen LogP contribution in [0.25, 0.3) is 28.0 Å². The standard InChI is InChI=1S/C23H26ClN5OSi/c1-23(2,3)31(4,5)30-15-18-7-6-8-21(27-18)29-20-13-16(9-10-17(20)14-26-29)19-11-12-25-22(24)28-19/h6-14H,15H2,1-5H3. The van der Waals surface area contributed by atoms with Gasteiger partial charge < -0.3 is 4.43 Å². The summed E-state index contributed by atoms with van der Waals surface area (Å²) in [5.41, 5.74) is 3.54. The fraction of sp³-hybridized carbons (Fsp3) is 0.304. The number of fused-ring (bicyclic) bond motifs is 1. The number of nitrogens with zero attached hydrogens (tertiary/aromatic N) is 5. The topological polar surface area (TPSA) is 65.7 Å². The van der Waals surface area contributed by atoms with Gasteiger partial charge in [0.1, 0.15) is 0 Å². The highest BCUT2D eigenvalue weighted by Crippen LogP contribution is 2.37. The highest BCUT2D eigenvalue weighted by Gasteiger charge is 2.37. The summed E-state index contributed by atoms with van der Waals surface area (Å²) in [5.74, 6) is 0.754. The smallest absolute Gasteiger partial charge is 0.222 e. The van der Waals surface area contributed by atoms with E-state index in [0.29, 0.717) is 6.61 Å². The van der Waals surface area contributed by atoms with Gasteiger partial charge in [0, 0.05) is 17.1 Å². The monoisotopic (exact) mass is 451 g/mol. The molecule has 4 rings (SSSR count). The van der Waals surface area contributed by atoms with Crippen molar-refractivity contribution in [3.05, 3.63) is 65.8 Å². The van der Waals surface area contributed by atoms with Crippen LogP contribution in [0.1, 0.15) is 26.5 Å². The Kier molecular flexibility index (Phi) is 5.68. The van der Waals surface area contributed by atoms with Crippen molar-refractivity contribution in [3.8, 4) is 17.1 Å². The van der Waals surface area contributed by atoms with E-state index in [9.17, 15) is 0 Å². The van der Waals surface area contributed by atoms with E-state index in [1.807, 2.05) is 53.3 Å². The first kappa shape index (κ1) is 21.6. The molecule has 0 N–H and O–H groups in total. The van der Waals surface area contributed by atoms with Gasteiger partial charge in [0.25, 0.3) is 0 Å². The predicted octanol–water partition coefficient (Wildman–Crippen LogP) is 6.05. The fourth-order valence-electron chi connectivity index (χ4n) is 2.99. The lowest BCUT2D eigenvalue weighted by Crippen LogP contribution is -2.40. The summed E-state index contributed by atoms with van der Waals surface area (Å²) >= 11 is 5.97. The van der Waals surface area contributed by atoms with Crippen molar-refractivity contribution < 1.29 is 4.43 Å². The van der Waals surface area contributed by atoms with Gasteiger partial charge in [-0.2, -0.15) is 5.10 Å². The molecule has 0 saturated carbocycles. The molecule has 0 atom stereocenters. The lowest BCUT2D eigenvalue weighted by Gasteiger charge is -2.36. The first-order valence-corrected chi connectivity index (χ1v) is 13.5. The van der Waals surface area contributed by atoms with Gasteiger partial charge in [-0.1, -0.05) is 39.0 Å². The van der Waals surface area contributed by atoms with Gasteiger partial charge in [0.2, 0.25) is 5.28 Å². The van der Waals surface area contributed by atoms with Crippen LogP contribution in [0, 0.1) is 0 Å². The van der Waals surface area contributed by atoms with Crippen molar-refractivity contribution in [3.63, 3.8) is 0 Å². The summed E-state index contributed by atoms with van der Waals surface area (Å²) in [6, 6.07) is 13.9. The van der Waals surface area contributed by atoms with Gasteiger partial charge >= 0.3 is 0 Å². The van der Waals surface area contributed by atoms with E-state index in [1.54, 1.807) is 6.20 Å². The second kappa shape index (κ2) is 8.14. The van der Waals surface area contributed by atoms with Crippen LogP contribution in [0.3, 0.4) is 0 Å². The minimum Gasteiger partial charge on any atom is -0.411 e. The minimum absolute atomic E-state index is 0.156. The number of aromatic nitrogens is 5. The molecule has 4 aromatic rings. The molecule has 0 spiro atoms. The van der Waals surface area contributed by atoms with E-state index in [0.717, 1.165) is 33.7 Å². The normalized spacial score (nSPS) is 12.5. The quantitative estimate of drug-likeness (QED) is 0.273. The molecule has 0 bridgehead atoms. The second-order valence-electron chi connectivity index (χ2n) is 9.08. The summed E-state index contributed by atoms with van der Waals surface area (Å²) < 4.78 is 8.19. The van der Waals surface area contributed by atoms with Crippen LogP contribution >= 0.6 is 11.6 Å². The Hall–Kier alpha value is -2.61. The van der Waals surface area contributed by atoms with Crippen LogP contribution in [-0.4, -0.2) is 33.0 Å². The molecule has 0 aliphatic heterocycles. The van der Waals surface area contributed by atoms with Crippen LogP contribution in [0.2, 0.25) is 23.4 Å². The zero-order valence-electron chi connectivity index (χ0n) is 18.4. The molecule has 1 aromatic carbocycles. The molecule has 0 unspecified atom stereocenters. The fourth-order valence-corrected chi connectivity index (χ4v) is 4.08. The third kappa shape index (κ3) is 4.53. The molecule has 0 aliphatic rings. The molecule has 0 amide bonds. The molecule has 0 saturated heterocycles. The summed E-state index contributed by atoms with van der Waals surface area (Å²) in [7, 11) is -1.85. The molecule has 0 radical (unpaired) electrons. The van der Waals surface area contributed by atoms with Gasteiger partial charge in [0.05, 0.1) is 29.7 Å². The Morgan fingerprint density at radius 1 is 1.06 bits per heavy atom. The molecule has 31 heavy (non-hydrogen) atoms. The summed E-state index contributed by atoms with van der Waals surface area (Å²) in [4.78, 5) is 13.1. The van der Waals surface area contributed by atoms with E-state index in [1.165, 1.54) is 0 Å². The largest absolute Gasteiger partial charge is 0.411 e. The van der Waals surface area contributed by atoms with Crippen molar-refractivity contribution in [1.82, 2.24) is 24.7 Å². The second-order valence-corrected chi connectivity index (χ2v) is 14.2. The Bertz CT molecular complexity index is 1230. The maximum atomic E-state index is 6.35. The number of rotatable bonds is 5. The van der Waals surface area contributed by atoms with E-state index >= 15 is 0 Å². The third-order valence-corrected chi connectivity index (χ3v) is 10.5. The van der Waals surface area contributed by atoms with E-state index < -0.39 is 8.32 Å². The van der Waals surface area contributed by atoms with Gasteiger partial charge in [0.15, 0.2) is 14.1 Å². The number of benzene rings is 1. The number of hydrogen-bond donors (Lipinski definition) is 0. The number of halogens is 1. The van der Waals surface area contributed by atoms with Crippen molar-refractivity contribution in [2.45, 2.75) is 45.5 Å². The van der Waals surface area contributed by atoms with E-state index in [4.69, 9.17) is 21.0 Å². The lowest BCUT2D eigenvalue weighted by molar-refractivity contribution is 0.272. The highest BCUT2D eigenvalue weighted by atomic mass is 35.5. The Labute approximate surface area is 188 Å². The van der Waals surface area contributed by atoms with Gasteiger partial charge in [-0.25, -0.2) is 19.6 Å². The first-order valence-electron chi connectivity index (χ1n) is 10.2. The average molecular weight is 452 g/mol. The number of hydrogen-bond acceptors (Lipinski definition) is 5. The maximum absolute atomic E-state index is 6.35. The van der Waals surface area contributed by atoms with E-state index in [-0.39, 0.29) is 10.3 Å². The maximum Gasteiger partial charge on any atom is 0.222 e. The van der Waals surface area contributed by atoms with E-state index in [2.05, 4.69) is 48.9 Å². The first-order chi connectivity index (χ1) is 14.6. The highest BCUT2D eigenvalue weighted by molar-refractivity contribution is 6.74. The average Bonchev–Trinajstić information content (AvgIpc) is 3.15. The zero-order valence-corrected chi connectivity index (χ0v) is 20.2. The third-order valence-electron chi connectivity index (χ3n) is 5.89. The molecular weight excluding hydrogens is 426 g/mol. The summed E-state index contributed by atoms with van der Waals surface area (Å²) in [5, 5.41) is 5.97. The Morgan fingerprint density at radius 2 is 1.87 bits per heavy atom. The predicted molar refractivity (Wildman–Crippen MR) is 127 cm³/mol. The zero-order chi connectivity index (χ0) is 22.2. The van der Waals surface area contributed by atoms with Crippen molar-refractivity contribution in [2.24, 2.45) is 0 Å². The van der Waals surface area contributed by atoms with Crippen LogP contribution in [0.5, 0.6) is 0 Å². The molecule has 3 heterocycles. The van der Waals surface area contributed by atoms with Crippen LogP contribution in [0.15, 0.2) is 54.9 Å². The Balaban J connectivity index is 1.66. The van der Waals surface area contributed by atoms with Crippen LogP contribution in [-0.2, 0) is 11.0 Å². The SMILES string of the molecule is CC(C)(C)[Si](C)(C)OCc1cccc(-n2ncc3ccc(-c4ccnc(Cl)n4)cc32)n1. The molecule has 160 valence electrons. The molecular formula is C23H26ClN5OSi. The van der Waals surface area contributed by atoms with Crippen molar-refractivity contribution in [1.29, 1.82) is 0 Å². The molecule has 3 aromatic heterocycles. The molecule has 6 nitrogen and oxygen atoms in total. The molecule has 0 fully saturated rings. The summed E-state index contributed by atoms with van der Waals surface area (Å²) in [6.45, 7) is 11.7. The van der Waals surface area contributed by atoms with Crippen molar-refractivity contribution >= 4 is 30.8 Å². The summed E-state index contributed by atoms with van der Waals surface area (Å²) in [6.07, 6.45) is 3.49. The molecule has 8 heteroatoms. The minimum atomic E-state index is -1.85. The van der Waals surface area contributed by atoms with Crippen molar-refractivity contribution in [2.75, 3.05) is 0 Å². The van der Waals surface area contributed by atoms with Gasteiger partial charge in [-0.15, -0.1) is 0 Å². The van der Waals surface area contributed by atoms with Gasteiger partial charge in [-0.05, 0) is 54.0 Å². The van der Waals surface area contributed by atoms with Gasteiger partial charge in [-0.3, -0.25) is 0 Å². The lowest BCUT2D eigenvalue weighted by atomic mass is 10.1. The number of pyridine rings is 1. The Morgan fingerprint density at radius 3 is 2.61 bits per heavy atom.